The monoisotopic (exact) mass is 722 g/mol. The van der Waals surface area contributed by atoms with Crippen molar-refractivity contribution in [2.45, 2.75) is 27.3 Å². The quantitative estimate of drug-likeness (QED) is 0.184. The second kappa shape index (κ2) is 11.8. The number of nitrogens with zero attached hydrogens (tertiary/aromatic N) is 5. The van der Waals surface area contributed by atoms with Crippen LogP contribution in [0.25, 0.3) is 61.0 Å². The van der Waals surface area contributed by atoms with Crippen molar-refractivity contribution in [2.24, 2.45) is 5.41 Å². The number of nitrogens with one attached hydrogen (secondary N) is 1. The zero-order valence-corrected chi connectivity index (χ0v) is 30.3. The SMILES string of the molecule is CNC(=O)c1c(-c2ccc(C)cc2F)oc2cc(N(C)S(C)(=O)=O)c(-c3ccc4nc(CN5CC(C)(C)C5)n5c6cccc(F)c6cc5c4n3)cc12. The number of fused-ring (bicyclic) bond motifs is 6. The van der Waals surface area contributed by atoms with Crippen LogP contribution in [-0.4, -0.2) is 67.0 Å². The maximum Gasteiger partial charge on any atom is 0.255 e. The van der Waals surface area contributed by atoms with E-state index in [2.05, 4.69) is 24.1 Å². The van der Waals surface area contributed by atoms with Crippen LogP contribution in [0.15, 0.2) is 71.1 Å². The number of hydrogen-bond acceptors (Lipinski definition) is 7. The number of halogens is 2. The van der Waals surface area contributed by atoms with Crippen LogP contribution in [0, 0.1) is 24.0 Å². The van der Waals surface area contributed by atoms with E-state index >= 15 is 8.78 Å². The number of sulfonamides is 1. The van der Waals surface area contributed by atoms with E-state index in [1.54, 1.807) is 43.3 Å². The van der Waals surface area contributed by atoms with Gasteiger partial charge in [-0.05, 0) is 66.4 Å². The molecule has 52 heavy (non-hydrogen) atoms. The summed E-state index contributed by atoms with van der Waals surface area (Å²) >= 11 is 0. The highest BCUT2D eigenvalue weighted by atomic mass is 32.2. The summed E-state index contributed by atoms with van der Waals surface area (Å²) in [4.78, 5) is 25.8. The van der Waals surface area contributed by atoms with E-state index in [-0.39, 0.29) is 39.4 Å². The van der Waals surface area contributed by atoms with Gasteiger partial charge in [-0.2, -0.15) is 0 Å². The normalized spacial score (nSPS) is 14.8. The Bertz CT molecular complexity index is 2750. The number of anilines is 1. The highest BCUT2D eigenvalue weighted by molar-refractivity contribution is 7.92. The van der Waals surface area contributed by atoms with Crippen molar-refractivity contribution in [3.8, 4) is 22.6 Å². The van der Waals surface area contributed by atoms with E-state index < -0.39 is 21.7 Å². The van der Waals surface area contributed by atoms with Crippen LogP contribution in [0.1, 0.15) is 35.6 Å². The number of carbonyl (C=O) groups excluding carboxylic acids is 1. The van der Waals surface area contributed by atoms with E-state index in [1.165, 1.54) is 32.3 Å². The molecule has 1 N–H and O–H groups in total. The Morgan fingerprint density at radius 1 is 0.962 bits per heavy atom. The van der Waals surface area contributed by atoms with Gasteiger partial charge in [-0.3, -0.25) is 18.4 Å². The fourth-order valence-electron chi connectivity index (χ4n) is 7.42. The van der Waals surface area contributed by atoms with Gasteiger partial charge in [0, 0.05) is 49.6 Å². The maximum atomic E-state index is 15.3. The van der Waals surface area contributed by atoms with Gasteiger partial charge in [-0.1, -0.05) is 26.0 Å². The molecule has 0 spiro atoms. The predicted molar refractivity (Wildman–Crippen MR) is 199 cm³/mol. The third-order valence-corrected chi connectivity index (χ3v) is 11.0. The number of hydrogen-bond donors (Lipinski definition) is 1. The first kappa shape index (κ1) is 33.7. The molecular weight excluding hydrogens is 687 g/mol. The molecule has 1 aliphatic heterocycles. The first-order valence-corrected chi connectivity index (χ1v) is 18.6. The van der Waals surface area contributed by atoms with Gasteiger partial charge >= 0.3 is 0 Å². The standard InChI is InChI=1S/C39H36F2N6O4S/c1-21-10-11-22(27(41)14-21)37-35(38(48)42-4)25-15-24(31(17-33(25)51-37)45(5)52(6,49)50)28-12-13-29-36(44-28)32-16-23-26(40)8-7-9-30(23)47(32)34(43-29)18-46-19-39(2,3)20-46/h7-17H,18-20H2,1-6H3,(H,42,48). The average molecular weight is 723 g/mol. The lowest BCUT2D eigenvalue weighted by molar-refractivity contribution is 0.0220. The van der Waals surface area contributed by atoms with Crippen molar-refractivity contribution in [3.05, 3.63) is 95.3 Å². The number of benzene rings is 3. The number of furan rings is 1. The summed E-state index contributed by atoms with van der Waals surface area (Å²) in [5.41, 5.74) is 4.60. The Labute approximate surface area is 298 Å². The minimum Gasteiger partial charge on any atom is -0.455 e. The zero-order valence-electron chi connectivity index (χ0n) is 29.5. The summed E-state index contributed by atoms with van der Waals surface area (Å²) < 4.78 is 65.8. The Kier molecular flexibility index (Phi) is 7.67. The molecule has 1 saturated heterocycles. The molecule has 3 aromatic carbocycles. The number of pyridine rings is 1. The van der Waals surface area contributed by atoms with Gasteiger partial charge < -0.3 is 9.73 Å². The summed E-state index contributed by atoms with van der Waals surface area (Å²) in [5, 5.41) is 3.39. The minimum atomic E-state index is -3.80. The summed E-state index contributed by atoms with van der Waals surface area (Å²) in [6.07, 6.45) is 1.08. The molecule has 0 bridgehead atoms. The van der Waals surface area contributed by atoms with E-state index in [0.29, 0.717) is 56.2 Å². The molecule has 0 aliphatic carbocycles. The molecule has 1 amide bonds. The van der Waals surface area contributed by atoms with Crippen LogP contribution in [0.2, 0.25) is 0 Å². The fraction of sp³-hybridized carbons (Fsp3) is 0.256. The van der Waals surface area contributed by atoms with Crippen molar-refractivity contribution < 1.29 is 26.4 Å². The van der Waals surface area contributed by atoms with Gasteiger partial charge in [0.25, 0.3) is 5.91 Å². The Morgan fingerprint density at radius 2 is 1.73 bits per heavy atom. The van der Waals surface area contributed by atoms with Gasteiger partial charge in [0.05, 0.1) is 51.9 Å². The molecule has 7 aromatic rings. The third-order valence-electron chi connectivity index (χ3n) is 9.83. The molecule has 0 atom stereocenters. The molecule has 0 saturated carbocycles. The number of likely N-dealkylation sites (tertiary alicyclic amines) is 1. The van der Waals surface area contributed by atoms with Crippen molar-refractivity contribution in [1.82, 2.24) is 24.6 Å². The molecule has 0 radical (unpaired) electrons. The van der Waals surface area contributed by atoms with Crippen molar-refractivity contribution in [3.63, 3.8) is 0 Å². The lowest BCUT2D eigenvalue weighted by Gasteiger charge is -2.45. The number of amides is 1. The lowest BCUT2D eigenvalue weighted by atomic mass is 9.84. The number of carbonyl (C=O) groups is 1. The van der Waals surface area contributed by atoms with Gasteiger partial charge in [-0.25, -0.2) is 27.2 Å². The topological polar surface area (TPSA) is 113 Å². The lowest BCUT2D eigenvalue weighted by Crippen LogP contribution is -2.52. The van der Waals surface area contributed by atoms with Crippen molar-refractivity contribution in [1.29, 1.82) is 0 Å². The first-order chi connectivity index (χ1) is 24.6. The Morgan fingerprint density at radius 3 is 2.42 bits per heavy atom. The second-order valence-corrected chi connectivity index (χ2v) is 16.4. The Balaban J connectivity index is 1.39. The molecule has 5 heterocycles. The largest absolute Gasteiger partial charge is 0.455 e. The highest BCUT2D eigenvalue weighted by Gasteiger charge is 2.35. The maximum absolute atomic E-state index is 15.3. The van der Waals surface area contributed by atoms with Gasteiger partial charge in [0.1, 0.15) is 28.6 Å². The van der Waals surface area contributed by atoms with Crippen LogP contribution in [-0.2, 0) is 16.6 Å². The van der Waals surface area contributed by atoms with Crippen molar-refractivity contribution >= 4 is 60.0 Å². The molecule has 266 valence electrons. The highest BCUT2D eigenvalue weighted by Crippen LogP contribution is 2.42. The molecule has 4 aromatic heterocycles. The first-order valence-electron chi connectivity index (χ1n) is 16.8. The smallest absolute Gasteiger partial charge is 0.255 e. The number of aryl methyl sites for hydroxylation is 1. The van der Waals surface area contributed by atoms with Gasteiger partial charge in [0.15, 0.2) is 5.76 Å². The molecule has 0 unspecified atom stereocenters. The van der Waals surface area contributed by atoms with E-state index in [4.69, 9.17) is 14.4 Å². The third kappa shape index (κ3) is 5.46. The number of aromatic nitrogens is 3. The fourth-order valence-corrected chi connectivity index (χ4v) is 7.93. The van der Waals surface area contributed by atoms with Crippen LogP contribution in [0.3, 0.4) is 0 Å². The van der Waals surface area contributed by atoms with Crippen molar-refractivity contribution in [2.75, 3.05) is 37.7 Å². The van der Waals surface area contributed by atoms with E-state index in [0.717, 1.165) is 29.5 Å². The average Bonchev–Trinajstić information content (AvgIpc) is 3.65. The summed E-state index contributed by atoms with van der Waals surface area (Å²) in [5.74, 6) is -0.697. The molecule has 1 fully saturated rings. The van der Waals surface area contributed by atoms with Crippen LogP contribution < -0.4 is 9.62 Å². The molecule has 13 heteroatoms. The molecule has 8 rings (SSSR count). The zero-order chi connectivity index (χ0) is 36.9. The van der Waals surface area contributed by atoms with Crippen LogP contribution >= 0.6 is 0 Å². The molecule has 10 nitrogen and oxygen atoms in total. The summed E-state index contributed by atoms with van der Waals surface area (Å²) in [7, 11) is -0.924. The van der Waals surface area contributed by atoms with Gasteiger partial charge in [-0.15, -0.1) is 0 Å². The van der Waals surface area contributed by atoms with Gasteiger partial charge in [0.2, 0.25) is 10.0 Å². The van der Waals surface area contributed by atoms with Crippen LogP contribution in [0.5, 0.6) is 0 Å². The van der Waals surface area contributed by atoms with E-state index in [1.807, 2.05) is 16.5 Å². The summed E-state index contributed by atoms with van der Waals surface area (Å²) in [6, 6.07) is 18.0. The van der Waals surface area contributed by atoms with E-state index in [9.17, 15) is 13.2 Å². The Hall–Kier alpha value is -5.40. The predicted octanol–water partition coefficient (Wildman–Crippen LogP) is 7.30. The second-order valence-electron chi connectivity index (χ2n) is 14.4. The molecule has 1 aliphatic rings. The summed E-state index contributed by atoms with van der Waals surface area (Å²) in [6.45, 7) is 8.56. The minimum absolute atomic E-state index is 0.00867. The number of rotatable bonds is 7. The van der Waals surface area contributed by atoms with Crippen LogP contribution in [0.4, 0.5) is 14.5 Å². The molecular formula is C39H36F2N6O4S.